The highest BCUT2D eigenvalue weighted by atomic mass is 16.5. The molecular formula is C26H31NO5. The molecule has 0 aliphatic heterocycles. The predicted octanol–water partition coefficient (Wildman–Crippen LogP) is 3.35. The number of aliphatic hydroxyl groups is 2. The van der Waals surface area contributed by atoms with Crippen molar-refractivity contribution in [2.45, 2.75) is 25.7 Å². The van der Waals surface area contributed by atoms with Crippen molar-refractivity contribution in [2.24, 2.45) is 0 Å². The lowest BCUT2D eigenvalue weighted by atomic mass is 10.0. The Morgan fingerprint density at radius 3 is 2.50 bits per heavy atom. The Bertz CT molecular complexity index is 948. The van der Waals surface area contributed by atoms with E-state index < -0.39 is 6.10 Å². The van der Waals surface area contributed by atoms with Crippen molar-refractivity contribution in [2.75, 3.05) is 26.3 Å². The van der Waals surface area contributed by atoms with E-state index in [2.05, 4.69) is 17.4 Å². The molecule has 0 bridgehead atoms. The van der Waals surface area contributed by atoms with Crippen LogP contribution in [0.25, 0.3) is 0 Å². The van der Waals surface area contributed by atoms with Crippen molar-refractivity contribution < 1.29 is 24.8 Å². The quantitative estimate of drug-likeness (QED) is 0.307. The van der Waals surface area contributed by atoms with Gasteiger partial charge in [0, 0.05) is 12.1 Å². The molecule has 170 valence electrons. The molecule has 0 spiro atoms. The molecule has 0 radical (unpaired) electrons. The second-order valence-electron chi connectivity index (χ2n) is 7.55. The molecule has 3 rings (SSSR count). The van der Waals surface area contributed by atoms with E-state index in [1.807, 2.05) is 42.5 Å². The van der Waals surface area contributed by atoms with E-state index in [4.69, 9.17) is 9.47 Å². The molecule has 0 aliphatic carbocycles. The Morgan fingerprint density at radius 2 is 1.69 bits per heavy atom. The number of para-hydroxylation sites is 1. The van der Waals surface area contributed by atoms with E-state index in [0.29, 0.717) is 37.5 Å². The monoisotopic (exact) mass is 437 g/mol. The summed E-state index contributed by atoms with van der Waals surface area (Å²) in [5.41, 5.74) is 3.38. The smallest absolute Gasteiger partial charge is 0.121 e. The minimum absolute atomic E-state index is 0.0315. The molecular weight excluding hydrogens is 406 g/mol. The lowest BCUT2D eigenvalue weighted by molar-refractivity contribution is 0.0889. The number of aromatic hydroxyl groups is 1. The van der Waals surface area contributed by atoms with Gasteiger partial charge in [0.2, 0.25) is 0 Å². The summed E-state index contributed by atoms with van der Waals surface area (Å²) in [6.07, 6.45) is 0.119. The number of hydrogen-bond donors (Lipinski definition) is 4. The summed E-state index contributed by atoms with van der Waals surface area (Å²) in [6, 6.07) is 22.7. The van der Waals surface area contributed by atoms with Crippen LogP contribution in [-0.4, -0.2) is 41.6 Å². The minimum Gasteiger partial charge on any atom is -0.508 e. The summed E-state index contributed by atoms with van der Waals surface area (Å²) in [6.45, 7) is 2.41. The summed E-state index contributed by atoms with van der Waals surface area (Å²) in [5.74, 6) is 0.874. The minimum atomic E-state index is -0.710. The molecule has 6 heteroatoms. The number of benzene rings is 3. The summed E-state index contributed by atoms with van der Waals surface area (Å²) < 4.78 is 11.3. The summed E-state index contributed by atoms with van der Waals surface area (Å²) in [7, 11) is 0. The molecule has 0 heterocycles. The van der Waals surface area contributed by atoms with E-state index in [-0.39, 0.29) is 12.4 Å². The van der Waals surface area contributed by atoms with Crippen LogP contribution in [-0.2, 0) is 24.4 Å². The Morgan fingerprint density at radius 1 is 0.875 bits per heavy atom. The first kappa shape index (κ1) is 23.8. The fraction of sp³-hybridized carbons (Fsp3) is 0.308. The zero-order chi connectivity index (χ0) is 22.6. The van der Waals surface area contributed by atoms with E-state index in [9.17, 15) is 15.3 Å². The summed E-state index contributed by atoms with van der Waals surface area (Å²) >= 11 is 0. The van der Waals surface area contributed by atoms with Crippen LogP contribution in [0.15, 0.2) is 72.8 Å². The van der Waals surface area contributed by atoms with Gasteiger partial charge in [0.1, 0.15) is 18.1 Å². The molecule has 4 N–H and O–H groups in total. The maximum atomic E-state index is 10.3. The number of phenols is 1. The third-order valence-electron chi connectivity index (χ3n) is 5.09. The van der Waals surface area contributed by atoms with Crippen LogP contribution < -0.4 is 10.1 Å². The van der Waals surface area contributed by atoms with E-state index >= 15 is 0 Å². The summed E-state index contributed by atoms with van der Waals surface area (Å²) in [5, 5.41) is 32.5. The summed E-state index contributed by atoms with van der Waals surface area (Å²) in [4.78, 5) is 0. The molecule has 0 fully saturated rings. The van der Waals surface area contributed by atoms with Crippen LogP contribution in [0.2, 0.25) is 0 Å². The van der Waals surface area contributed by atoms with Gasteiger partial charge in [-0.2, -0.15) is 0 Å². The van der Waals surface area contributed by atoms with Gasteiger partial charge in [0.05, 0.1) is 25.9 Å². The maximum absolute atomic E-state index is 10.3. The number of nitrogens with one attached hydrogen (secondary N) is 1. The highest BCUT2D eigenvalue weighted by molar-refractivity contribution is 5.36. The fourth-order valence-electron chi connectivity index (χ4n) is 3.33. The van der Waals surface area contributed by atoms with Gasteiger partial charge in [-0.05, 0) is 53.9 Å². The lowest BCUT2D eigenvalue weighted by Crippen LogP contribution is -2.23. The molecule has 0 saturated heterocycles. The predicted molar refractivity (Wildman–Crippen MR) is 124 cm³/mol. The maximum Gasteiger partial charge on any atom is 0.121 e. The molecule has 1 atom stereocenters. The highest BCUT2D eigenvalue weighted by Crippen LogP contribution is 2.22. The van der Waals surface area contributed by atoms with E-state index in [1.165, 1.54) is 11.6 Å². The van der Waals surface area contributed by atoms with Crippen molar-refractivity contribution in [1.29, 1.82) is 0 Å². The lowest BCUT2D eigenvalue weighted by Gasteiger charge is -2.14. The van der Waals surface area contributed by atoms with Crippen molar-refractivity contribution in [1.82, 2.24) is 5.32 Å². The zero-order valence-corrected chi connectivity index (χ0v) is 18.1. The highest BCUT2D eigenvalue weighted by Gasteiger charge is 2.10. The third-order valence-corrected chi connectivity index (χ3v) is 5.09. The van der Waals surface area contributed by atoms with Crippen molar-refractivity contribution in [3.05, 3.63) is 95.1 Å². The molecule has 1 unspecified atom stereocenters. The average molecular weight is 438 g/mol. The zero-order valence-electron chi connectivity index (χ0n) is 18.1. The van der Waals surface area contributed by atoms with Gasteiger partial charge in [-0.3, -0.25) is 0 Å². The number of aliphatic hydroxyl groups excluding tert-OH is 2. The Hall–Kier alpha value is -2.90. The Labute approximate surface area is 189 Å². The van der Waals surface area contributed by atoms with E-state index in [1.54, 1.807) is 12.1 Å². The van der Waals surface area contributed by atoms with Gasteiger partial charge in [0.15, 0.2) is 0 Å². The van der Waals surface area contributed by atoms with Gasteiger partial charge in [0.25, 0.3) is 0 Å². The molecule has 0 saturated carbocycles. The fourth-order valence-corrected chi connectivity index (χ4v) is 3.33. The average Bonchev–Trinajstić information content (AvgIpc) is 2.83. The Balaban J connectivity index is 1.34. The van der Waals surface area contributed by atoms with Crippen LogP contribution in [0.1, 0.15) is 28.4 Å². The van der Waals surface area contributed by atoms with Gasteiger partial charge in [-0.15, -0.1) is 0 Å². The molecule has 3 aromatic rings. The van der Waals surface area contributed by atoms with Crippen molar-refractivity contribution in [3.8, 4) is 11.5 Å². The number of hydrogen-bond acceptors (Lipinski definition) is 6. The molecule has 6 nitrogen and oxygen atoms in total. The standard InChI is InChI=1S/C26H31NO5/c28-18-23-16-22(9-10-25(23)29)26(30)17-27-12-11-20-5-4-6-21(15-20)19-31-13-14-32-24-7-2-1-3-8-24/h1-10,15-16,26-30H,11-14,17-19H2. The van der Waals surface area contributed by atoms with Crippen molar-refractivity contribution >= 4 is 0 Å². The molecule has 0 aromatic heterocycles. The van der Waals surface area contributed by atoms with Gasteiger partial charge in [-0.25, -0.2) is 0 Å². The molecule has 3 aromatic carbocycles. The number of ether oxygens (including phenoxy) is 2. The van der Waals surface area contributed by atoms with Crippen molar-refractivity contribution in [3.63, 3.8) is 0 Å². The first-order valence-corrected chi connectivity index (χ1v) is 10.8. The SMILES string of the molecule is OCc1cc(C(O)CNCCc2cccc(COCCOc3ccccc3)c2)ccc1O. The normalized spacial score (nSPS) is 11.9. The van der Waals surface area contributed by atoms with Crippen LogP contribution in [0.3, 0.4) is 0 Å². The van der Waals surface area contributed by atoms with Gasteiger partial charge < -0.3 is 30.1 Å². The van der Waals surface area contributed by atoms with Crippen LogP contribution >= 0.6 is 0 Å². The van der Waals surface area contributed by atoms with Crippen LogP contribution in [0, 0.1) is 0 Å². The Kier molecular flexibility index (Phi) is 9.53. The third kappa shape index (κ3) is 7.66. The number of rotatable bonds is 13. The van der Waals surface area contributed by atoms with Gasteiger partial charge in [-0.1, -0.05) is 48.5 Å². The van der Waals surface area contributed by atoms with Crippen LogP contribution in [0.4, 0.5) is 0 Å². The largest absolute Gasteiger partial charge is 0.508 e. The molecule has 32 heavy (non-hydrogen) atoms. The van der Waals surface area contributed by atoms with Crippen LogP contribution in [0.5, 0.6) is 11.5 Å². The molecule has 0 amide bonds. The first-order valence-electron chi connectivity index (χ1n) is 10.8. The molecule has 0 aliphatic rings. The van der Waals surface area contributed by atoms with Gasteiger partial charge >= 0.3 is 0 Å². The second-order valence-corrected chi connectivity index (χ2v) is 7.55. The topological polar surface area (TPSA) is 91.2 Å². The first-order chi connectivity index (χ1) is 15.7. The van der Waals surface area contributed by atoms with E-state index in [0.717, 1.165) is 24.3 Å². The second kappa shape index (κ2) is 12.8.